The fourth-order valence-corrected chi connectivity index (χ4v) is 5.04. The van der Waals surface area contributed by atoms with E-state index in [1.165, 1.54) is 6.26 Å². The van der Waals surface area contributed by atoms with E-state index in [4.69, 9.17) is 0 Å². The molecule has 0 spiro atoms. The van der Waals surface area contributed by atoms with Gasteiger partial charge in [-0.3, -0.25) is 4.79 Å². The number of hydrogen-bond acceptors (Lipinski definition) is 6. The minimum Gasteiger partial charge on any atom is -0.612 e. The van der Waals surface area contributed by atoms with Crippen molar-refractivity contribution in [3.05, 3.63) is 45.7 Å². The fourth-order valence-electron chi connectivity index (χ4n) is 3.44. The molecule has 0 saturated heterocycles. The van der Waals surface area contributed by atoms with E-state index < -0.39 is 42.4 Å². The Bertz CT molecular complexity index is 1420. The van der Waals surface area contributed by atoms with Crippen LogP contribution in [0.15, 0.2) is 38.9 Å². The molecule has 0 aliphatic carbocycles. The van der Waals surface area contributed by atoms with Crippen molar-refractivity contribution in [3.63, 3.8) is 0 Å². The molecule has 178 valence electrons. The third kappa shape index (κ3) is 4.34. The van der Waals surface area contributed by atoms with Gasteiger partial charge in [0.25, 0.3) is 15.4 Å². The Labute approximate surface area is 190 Å². The van der Waals surface area contributed by atoms with E-state index in [1.54, 1.807) is 13.0 Å². The van der Waals surface area contributed by atoms with Crippen LogP contribution in [0.2, 0.25) is 0 Å². The smallest absolute Gasteiger partial charge is 0.501 e. The van der Waals surface area contributed by atoms with Gasteiger partial charge >= 0.3 is 5.51 Å². The topological polar surface area (TPSA) is 123 Å². The second kappa shape index (κ2) is 8.03. The monoisotopic (exact) mass is 502 g/mol. The molecule has 1 unspecified atom stereocenters. The SMILES string of the molecule is Cc1c([S+](C)[O-])cc(C(C)(C)C)c(O)c1-c1nc2ccc(S(=O)(=O)C(F)(F)F)cc2c(=O)[nH]1. The zero-order valence-corrected chi connectivity index (χ0v) is 19.9. The first-order valence-corrected chi connectivity index (χ1v) is 12.6. The molecule has 0 aliphatic heterocycles. The standard InChI is InChI=1S/C21H21F3N2O5S2/c1-10-15(32(5)29)9-13(20(2,3)4)17(27)16(10)18-25-14-7-6-11(8-12(14)19(28)26-18)33(30,31)21(22,23)24/h6-9,27H,1-5H3,(H,25,26,28). The number of H-pyrrole nitrogens is 1. The average molecular weight is 503 g/mol. The summed E-state index contributed by atoms with van der Waals surface area (Å²) in [6.45, 7) is 7.11. The summed E-state index contributed by atoms with van der Waals surface area (Å²) in [4.78, 5) is 18.7. The molecule has 7 nitrogen and oxygen atoms in total. The largest absolute Gasteiger partial charge is 0.612 e. The van der Waals surface area contributed by atoms with Crippen molar-refractivity contribution in [3.8, 4) is 17.1 Å². The van der Waals surface area contributed by atoms with Gasteiger partial charge in [-0.05, 0) is 41.7 Å². The summed E-state index contributed by atoms with van der Waals surface area (Å²) in [5, 5.41) is 10.6. The highest BCUT2D eigenvalue weighted by Gasteiger charge is 2.47. The number of aromatic hydroxyl groups is 1. The first-order chi connectivity index (χ1) is 15.0. The van der Waals surface area contributed by atoms with Gasteiger partial charge in [0, 0.05) is 17.2 Å². The Morgan fingerprint density at radius 1 is 1.15 bits per heavy atom. The molecule has 0 amide bonds. The molecular weight excluding hydrogens is 481 g/mol. The molecule has 0 radical (unpaired) electrons. The van der Waals surface area contributed by atoms with E-state index in [0.29, 0.717) is 28.2 Å². The molecule has 0 bridgehead atoms. The average Bonchev–Trinajstić information content (AvgIpc) is 2.65. The van der Waals surface area contributed by atoms with Crippen molar-refractivity contribution >= 4 is 31.9 Å². The number of aromatic amines is 1. The number of hydrogen-bond donors (Lipinski definition) is 2. The van der Waals surface area contributed by atoms with E-state index in [-0.39, 0.29) is 28.0 Å². The highest BCUT2D eigenvalue weighted by Crippen LogP contribution is 2.42. The van der Waals surface area contributed by atoms with Crippen molar-refractivity contribution in [2.45, 2.75) is 48.4 Å². The summed E-state index contributed by atoms with van der Waals surface area (Å²) in [5.41, 5.74) is -6.06. The molecule has 1 aromatic heterocycles. The highest BCUT2D eigenvalue weighted by molar-refractivity contribution is 7.92. The predicted molar refractivity (Wildman–Crippen MR) is 118 cm³/mol. The Balaban J connectivity index is 2.33. The Morgan fingerprint density at radius 3 is 2.27 bits per heavy atom. The second-order valence-corrected chi connectivity index (χ2v) is 11.8. The van der Waals surface area contributed by atoms with Gasteiger partial charge < -0.3 is 14.6 Å². The van der Waals surface area contributed by atoms with Crippen molar-refractivity contribution in [2.75, 3.05) is 6.26 Å². The van der Waals surface area contributed by atoms with Gasteiger partial charge in [-0.25, -0.2) is 13.4 Å². The van der Waals surface area contributed by atoms with Crippen LogP contribution < -0.4 is 5.56 Å². The lowest BCUT2D eigenvalue weighted by Crippen LogP contribution is -2.23. The molecule has 1 atom stereocenters. The second-order valence-electron chi connectivity index (χ2n) is 8.52. The van der Waals surface area contributed by atoms with Crippen LogP contribution in [0.5, 0.6) is 5.75 Å². The number of alkyl halides is 3. The van der Waals surface area contributed by atoms with Crippen molar-refractivity contribution in [1.29, 1.82) is 0 Å². The number of halogens is 3. The van der Waals surface area contributed by atoms with Gasteiger partial charge in [-0.1, -0.05) is 20.8 Å². The Kier molecular flexibility index (Phi) is 6.10. The third-order valence-electron chi connectivity index (χ3n) is 5.16. The van der Waals surface area contributed by atoms with Gasteiger partial charge in [0.2, 0.25) is 0 Å². The number of sulfone groups is 1. The van der Waals surface area contributed by atoms with Crippen LogP contribution in [-0.4, -0.2) is 39.8 Å². The van der Waals surface area contributed by atoms with Crippen LogP contribution in [-0.2, 0) is 26.4 Å². The highest BCUT2D eigenvalue weighted by atomic mass is 32.2. The minimum absolute atomic E-state index is 0.0750. The van der Waals surface area contributed by atoms with Crippen molar-refractivity contribution in [1.82, 2.24) is 9.97 Å². The van der Waals surface area contributed by atoms with Gasteiger partial charge in [0.1, 0.15) is 17.8 Å². The third-order valence-corrected chi connectivity index (χ3v) is 7.69. The summed E-state index contributed by atoms with van der Waals surface area (Å²) in [6, 6.07) is 3.94. The first-order valence-electron chi connectivity index (χ1n) is 9.53. The van der Waals surface area contributed by atoms with Gasteiger partial charge in [-0.15, -0.1) is 0 Å². The van der Waals surface area contributed by atoms with Gasteiger partial charge in [-0.2, -0.15) is 13.2 Å². The molecular formula is C21H21F3N2O5S2. The number of aromatic nitrogens is 2. The van der Waals surface area contributed by atoms with Crippen LogP contribution in [0.4, 0.5) is 13.2 Å². The van der Waals surface area contributed by atoms with E-state index >= 15 is 0 Å². The zero-order valence-electron chi connectivity index (χ0n) is 18.3. The van der Waals surface area contributed by atoms with Gasteiger partial charge in [0.15, 0.2) is 4.90 Å². The number of nitrogens with one attached hydrogen (secondary N) is 1. The van der Waals surface area contributed by atoms with E-state index in [9.17, 15) is 36.0 Å². The molecule has 0 fully saturated rings. The quantitative estimate of drug-likeness (QED) is 0.523. The number of benzene rings is 2. The lowest BCUT2D eigenvalue weighted by molar-refractivity contribution is -0.0435. The number of phenolic OH excluding ortho intramolecular Hbond substituents is 1. The summed E-state index contributed by atoms with van der Waals surface area (Å²) < 4.78 is 74.4. The molecule has 1 heterocycles. The maximum absolute atomic E-state index is 12.9. The lowest BCUT2D eigenvalue weighted by Gasteiger charge is -2.24. The molecule has 0 saturated carbocycles. The van der Waals surface area contributed by atoms with E-state index in [1.807, 2.05) is 20.8 Å². The molecule has 2 aromatic carbocycles. The summed E-state index contributed by atoms with van der Waals surface area (Å²) in [7, 11) is -5.65. The van der Waals surface area contributed by atoms with Crippen molar-refractivity contribution in [2.24, 2.45) is 0 Å². The number of phenols is 1. The van der Waals surface area contributed by atoms with Crippen LogP contribution in [0, 0.1) is 6.92 Å². The summed E-state index contributed by atoms with van der Waals surface area (Å²) in [6.07, 6.45) is 1.47. The van der Waals surface area contributed by atoms with Crippen LogP contribution in [0.3, 0.4) is 0 Å². The normalized spacial score (nSPS) is 14.0. The van der Waals surface area contributed by atoms with E-state index in [2.05, 4.69) is 9.97 Å². The molecule has 2 N–H and O–H groups in total. The number of nitrogens with zero attached hydrogens (tertiary/aromatic N) is 1. The molecule has 12 heteroatoms. The number of rotatable bonds is 3. The summed E-state index contributed by atoms with van der Waals surface area (Å²) in [5.74, 6) is -0.278. The summed E-state index contributed by atoms with van der Waals surface area (Å²) >= 11 is -1.44. The number of fused-ring (bicyclic) bond motifs is 1. The minimum atomic E-state index is -5.65. The van der Waals surface area contributed by atoms with Crippen LogP contribution in [0.25, 0.3) is 22.3 Å². The van der Waals surface area contributed by atoms with E-state index in [0.717, 1.165) is 6.07 Å². The molecule has 33 heavy (non-hydrogen) atoms. The Morgan fingerprint density at radius 2 is 1.76 bits per heavy atom. The van der Waals surface area contributed by atoms with Crippen LogP contribution in [0.1, 0.15) is 31.9 Å². The zero-order chi connectivity index (χ0) is 25.1. The maximum Gasteiger partial charge on any atom is 0.501 e. The van der Waals surface area contributed by atoms with Crippen molar-refractivity contribution < 1.29 is 31.2 Å². The maximum atomic E-state index is 12.9. The van der Waals surface area contributed by atoms with Crippen LogP contribution >= 0.6 is 0 Å². The molecule has 0 aliphatic rings. The first kappa shape index (κ1) is 25.1. The molecule has 3 rings (SSSR count). The predicted octanol–water partition coefficient (Wildman–Crippen LogP) is 3.93. The molecule has 3 aromatic rings. The fraction of sp³-hybridized carbons (Fsp3) is 0.333. The lowest BCUT2D eigenvalue weighted by atomic mass is 9.84. The van der Waals surface area contributed by atoms with Gasteiger partial charge in [0.05, 0.1) is 21.4 Å². The Hall–Kier alpha value is -2.57.